The number of carboxylic acid groups (broad SMARTS) is 2. The van der Waals surface area contributed by atoms with Gasteiger partial charge in [0.05, 0.1) is 12.5 Å². The normalized spacial score (nSPS) is 13.4. The number of aliphatic imine (C=N–C) groups is 1. The predicted molar refractivity (Wildman–Crippen MR) is 114 cm³/mol. The van der Waals surface area contributed by atoms with Gasteiger partial charge in [-0.25, -0.2) is 0 Å². The van der Waals surface area contributed by atoms with Crippen LogP contribution in [0, 0.1) is 5.92 Å². The summed E-state index contributed by atoms with van der Waals surface area (Å²) in [6.07, 6.45) is -0.158. The topological polar surface area (TPSA) is 252 Å². The molecule has 32 heavy (non-hydrogen) atoms. The van der Waals surface area contributed by atoms with Crippen LogP contribution in [-0.4, -0.2) is 77.0 Å². The summed E-state index contributed by atoms with van der Waals surface area (Å²) >= 11 is 0. The smallest absolute Gasteiger partial charge is 0.322 e. The summed E-state index contributed by atoms with van der Waals surface area (Å²) in [6, 6.07) is -3.66. The van der Waals surface area contributed by atoms with Crippen LogP contribution in [0.4, 0.5) is 0 Å². The van der Waals surface area contributed by atoms with Crippen molar-refractivity contribution in [1.82, 2.24) is 16.0 Å². The summed E-state index contributed by atoms with van der Waals surface area (Å²) < 4.78 is 0. The second kappa shape index (κ2) is 14.6. The van der Waals surface area contributed by atoms with Gasteiger partial charge in [-0.3, -0.25) is 29.0 Å². The Labute approximate surface area is 185 Å². The van der Waals surface area contributed by atoms with Crippen LogP contribution >= 0.6 is 0 Å². The van der Waals surface area contributed by atoms with Crippen molar-refractivity contribution in [3.63, 3.8) is 0 Å². The molecule has 0 heterocycles. The van der Waals surface area contributed by atoms with E-state index in [2.05, 4.69) is 20.9 Å². The summed E-state index contributed by atoms with van der Waals surface area (Å²) in [7, 11) is 0. The van der Waals surface area contributed by atoms with Crippen molar-refractivity contribution in [2.24, 2.45) is 28.1 Å². The SMILES string of the molecule is CC(C)CC(N)C(=O)NC(CC(=O)O)C(=O)NC(CCCN=C(N)N)C(=O)NCC(=O)O. The van der Waals surface area contributed by atoms with Crippen LogP contribution in [0.1, 0.15) is 39.5 Å². The van der Waals surface area contributed by atoms with Crippen LogP contribution < -0.4 is 33.2 Å². The minimum Gasteiger partial charge on any atom is -0.481 e. The molecule has 0 bridgehead atoms. The standard InChI is InChI=1S/C18H33N7O7/c1-9(2)6-10(19)15(30)25-12(7-13(26)27)17(32)24-11(4-3-5-22-18(20)21)16(31)23-8-14(28)29/h9-12H,3-8,19H2,1-2H3,(H,23,31)(H,24,32)(H,25,30)(H,26,27)(H,28,29)(H4,20,21,22). The lowest BCUT2D eigenvalue weighted by molar-refractivity contribution is -0.141. The lowest BCUT2D eigenvalue weighted by Gasteiger charge is -2.23. The molecule has 0 aliphatic rings. The Bertz CT molecular complexity index is 708. The number of guanidine groups is 1. The second-order valence-corrected chi connectivity index (χ2v) is 7.52. The molecule has 0 saturated carbocycles. The third kappa shape index (κ3) is 13.0. The van der Waals surface area contributed by atoms with E-state index in [-0.39, 0.29) is 31.3 Å². The highest BCUT2D eigenvalue weighted by Crippen LogP contribution is 2.05. The third-order valence-corrected chi connectivity index (χ3v) is 4.07. The molecule has 0 aromatic carbocycles. The Hall–Kier alpha value is -3.42. The molecule has 0 fully saturated rings. The minimum absolute atomic E-state index is 0.0224. The summed E-state index contributed by atoms with van der Waals surface area (Å²) in [5, 5.41) is 24.6. The van der Waals surface area contributed by atoms with Crippen molar-refractivity contribution < 1.29 is 34.2 Å². The average Bonchev–Trinajstić information content (AvgIpc) is 2.66. The van der Waals surface area contributed by atoms with Gasteiger partial charge >= 0.3 is 11.9 Å². The Morgan fingerprint density at radius 1 is 0.906 bits per heavy atom. The molecule has 11 N–H and O–H groups in total. The molecule has 0 aromatic heterocycles. The number of rotatable bonds is 15. The molecule has 0 saturated heterocycles. The maximum atomic E-state index is 12.7. The number of amides is 3. The molecule has 3 amide bonds. The van der Waals surface area contributed by atoms with Gasteiger partial charge in [0.15, 0.2) is 5.96 Å². The molecule has 0 aliphatic heterocycles. The van der Waals surface area contributed by atoms with Gasteiger partial charge in [0.25, 0.3) is 0 Å². The number of aliphatic carboxylic acids is 2. The van der Waals surface area contributed by atoms with Gasteiger partial charge in [-0.15, -0.1) is 0 Å². The van der Waals surface area contributed by atoms with Gasteiger partial charge in [0.2, 0.25) is 17.7 Å². The number of carbonyl (C=O) groups is 5. The first-order valence-electron chi connectivity index (χ1n) is 9.96. The first-order chi connectivity index (χ1) is 14.8. The fourth-order valence-electron chi connectivity index (χ4n) is 2.61. The third-order valence-electron chi connectivity index (χ3n) is 4.07. The highest BCUT2D eigenvalue weighted by molar-refractivity contribution is 5.95. The molecular formula is C18H33N7O7. The number of carboxylic acids is 2. The van der Waals surface area contributed by atoms with Gasteiger partial charge in [0.1, 0.15) is 18.6 Å². The number of hydrogen-bond acceptors (Lipinski definition) is 7. The van der Waals surface area contributed by atoms with Crippen molar-refractivity contribution in [2.75, 3.05) is 13.1 Å². The van der Waals surface area contributed by atoms with E-state index in [4.69, 9.17) is 27.4 Å². The number of nitrogens with two attached hydrogens (primary N) is 3. The Balaban J connectivity index is 5.33. The monoisotopic (exact) mass is 459 g/mol. The van der Waals surface area contributed by atoms with Gasteiger partial charge < -0.3 is 43.4 Å². The molecule has 14 nitrogen and oxygen atoms in total. The molecule has 0 aromatic rings. The van der Waals surface area contributed by atoms with E-state index in [0.717, 1.165) is 0 Å². The van der Waals surface area contributed by atoms with E-state index >= 15 is 0 Å². The Morgan fingerprint density at radius 2 is 1.50 bits per heavy atom. The fraction of sp³-hybridized carbons (Fsp3) is 0.667. The molecule has 3 atom stereocenters. The van der Waals surface area contributed by atoms with Crippen LogP contribution in [-0.2, 0) is 24.0 Å². The second-order valence-electron chi connectivity index (χ2n) is 7.52. The Morgan fingerprint density at radius 3 is 2.00 bits per heavy atom. The summed E-state index contributed by atoms with van der Waals surface area (Å²) in [4.78, 5) is 62.8. The summed E-state index contributed by atoms with van der Waals surface area (Å²) in [6.45, 7) is 3.15. The molecule has 0 spiro atoms. The highest BCUT2D eigenvalue weighted by Gasteiger charge is 2.29. The largest absolute Gasteiger partial charge is 0.481 e. The van der Waals surface area contributed by atoms with Crippen molar-refractivity contribution in [1.29, 1.82) is 0 Å². The van der Waals surface area contributed by atoms with E-state index in [1.54, 1.807) is 0 Å². The molecule has 3 unspecified atom stereocenters. The fourth-order valence-corrected chi connectivity index (χ4v) is 2.61. The molecular weight excluding hydrogens is 426 g/mol. The maximum Gasteiger partial charge on any atom is 0.322 e. The molecule has 0 radical (unpaired) electrons. The minimum atomic E-state index is -1.49. The quantitative estimate of drug-likeness (QED) is 0.0702. The Kier molecular flexibility index (Phi) is 13.0. The molecule has 0 aliphatic carbocycles. The first-order valence-corrected chi connectivity index (χ1v) is 9.96. The first kappa shape index (κ1) is 28.6. The van der Waals surface area contributed by atoms with Gasteiger partial charge in [-0.1, -0.05) is 13.8 Å². The number of nitrogens with zero attached hydrogens (tertiary/aromatic N) is 1. The zero-order chi connectivity index (χ0) is 24.8. The van der Waals surface area contributed by atoms with Gasteiger partial charge in [0, 0.05) is 6.54 Å². The zero-order valence-electron chi connectivity index (χ0n) is 18.2. The van der Waals surface area contributed by atoms with E-state index in [1.807, 2.05) is 13.8 Å². The summed E-state index contributed by atoms with van der Waals surface area (Å²) in [5.41, 5.74) is 16.2. The molecule has 0 rings (SSSR count). The van der Waals surface area contributed by atoms with E-state index < -0.39 is 60.8 Å². The number of hydrogen-bond donors (Lipinski definition) is 8. The van der Waals surface area contributed by atoms with Crippen molar-refractivity contribution in [3.8, 4) is 0 Å². The van der Waals surface area contributed by atoms with E-state index in [0.29, 0.717) is 6.42 Å². The van der Waals surface area contributed by atoms with Crippen LogP contribution in [0.2, 0.25) is 0 Å². The van der Waals surface area contributed by atoms with Gasteiger partial charge in [-0.2, -0.15) is 0 Å². The summed E-state index contributed by atoms with van der Waals surface area (Å²) in [5.74, 6) is -5.17. The van der Waals surface area contributed by atoms with Crippen molar-refractivity contribution >= 4 is 35.6 Å². The van der Waals surface area contributed by atoms with Crippen molar-refractivity contribution in [3.05, 3.63) is 0 Å². The van der Waals surface area contributed by atoms with Crippen LogP contribution in [0.25, 0.3) is 0 Å². The lowest BCUT2D eigenvalue weighted by Crippen LogP contribution is -2.56. The van der Waals surface area contributed by atoms with E-state index in [9.17, 15) is 24.0 Å². The highest BCUT2D eigenvalue weighted by atomic mass is 16.4. The lowest BCUT2D eigenvalue weighted by atomic mass is 10.0. The van der Waals surface area contributed by atoms with Crippen molar-refractivity contribution in [2.45, 2.75) is 57.7 Å². The number of carbonyl (C=O) groups excluding carboxylic acids is 3. The molecule has 14 heteroatoms. The van der Waals surface area contributed by atoms with Gasteiger partial charge in [-0.05, 0) is 25.2 Å². The van der Waals surface area contributed by atoms with Crippen LogP contribution in [0.15, 0.2) is 4.99 Å². The molecule has 182 valence electrons. The number of nitrogens with one attached hydrogen (secondary N) is 3. The van der Waals surface area contributed by atoms with E-state index in [1.165, 1.54) is 0 Å². The van der Waals surface area contributed by atoms with Crippen LogP contribution in [0.5, 0.6) is 0 Å². The van der Waals surface area contributed by atoms with Crippen LogP contribution in [0.3, 0.4) is 0 Å². The maximum absolute atomic E-state index is 12.7. The average molecular weight is 460 g/mol. The zero-order valence-corrected chi connectivity index (χ0v) is 18.2. The predicted octanol–water partition coefficient (Wildman–Crippen LogP) is -2.94.